The minimum Gasteiger partial charge on any atom is -0.397 e. The first-order valence-electron chi connectivity index (χ1n) is 6.72. The van der Waals surface area contributed by atoms with Gasteiger partial charge in [0, 0.05) is 15.8 Å². The van der Waals surface area contributed by atoms with Crippen LogP contribution in [-0.2, 0) is 6.18 Å². The monoisotopic (exact) mass is 354 g/mol. The SMILES string of the molecule is Nc1c(C(=O)Nc2ccc(F)c(C(F)(F)F)c2)sc2ccccc12. The van der Waals surface area contributed by atoms with Gasteiger partial charge < -0.3 is 11.1 Å². The Hall–Kier alpha value is -2.61. The minimum absolute atomic E-state index is 0.161. The molecule has 1 aromatic heterocycles. The van der Waals surface area contributed by atoms with E-state index >= 15 is 0 Å². The summed E-state index contributed by atoms with van der Waals surface area (Å²) in [5.41, 5.74) is 4.58. The van der Waals surface area contributed by atoms with Crippen molar-refractivity contribution in [3.63, 3.8) is 0 Å². The largest absolute Gasteiger partial charge is 0.419 e. The maximum absolute atomic E-state index is 13.3. The molecule has 124 valence electrons. The van der Waals surface area contributed by atoms with E-state index in [1.807, 2.05) is 0 Å². The fraction of sp³-hybridized carbons (Fsp3) is 0.0625. The van der Waals surface area contributed by atoms with E-state index in [9.17, 15) is 22.4 Å². The summed E-state index contributed by atoms with van der Waals surface area (Å²) in [6.45, 7) is 0. The number of hydrogen-bond donors (Lipinski definition) is 2. The molecule has 0 aliphatic rings. The Bertz CT molecular complexity index is 933. The van der Waals surface area contributed by atoms with E-state index in [1.165, 1.54) is 0 Å². The Morgan fingerprint density at radius 3 is 2.50 bits per heavy atom. The van der Waals surface area contributed by atoms with Crippen molar-refractivity contribution in [2.24, 2.45) is 0 Å². The van der Waals surface area contributed by atoms with Crippen molar-refractivity contribution in [1.82, 2.24) is 0 Å². The highest BCUT2D eigenvalue weighted by molar-refractivity contribution is 7.21. The Balaban J connectivity index is 1.93. The van der Waals surface area contributed by atoms with E-state index in [4.69, 9.17) is 5.73 Å². The summed E-state index contributed by atoms with van der Waals surface area (Å²) < 4.78 is 52.2. The second-order valence-corrected chi connectivity index (χ2v) is 6.04. The number of amides is 1. The normalized spacial score (nSPS) is 11.7. The standard InChI is InChI=1S/C16H10F4N2OS/c17-11-6-5-8(7-10(11)16(18,19)20)22-15(23)14-13(21)9-3-1-2-4-12(9)24-14/h1-7H,21H2,(H,22,23). The van der Waals surface area contributed by atoms with Crippen LogP contribution in [0.15, 0.2) is 42.5 Å². The number of alkyl halides is 3. The van der Waals surface area contributed by atoms with Crippen LogP contribution in [-0.4, -0.2) is 5.91 Å². The molecule has 0 fully saturated rings. The van der Waals surface area contributed by atoms with Crippen LogP contribution in [0, 0.1) is 5.82 Å². The van der Waals surface area contributed by atoms with Crippen molar-refractivity contribution in [1.29, 1.82) is 0 Å². The van der Waals surface area contributed by atoms with Gasteiger partial charge in [-0.15, -0.1) is 11.3 Å². The number of nitrogens with two attached hydrogens (primary N) is 1. The molecular formula is C16H10F4N2OS. The van der Waals surface area contributed by atoms with Gasteiger partial charge in [-0.1, -0.05) is 18.2 Å². The van der Waals surface area contributed by atoms with Gasteiger partial charge in [-0.05, 0) is 24.3 Å². The molecule has 0 saturated heterocycles. The molecule has 0 saturated carbocycles. The van der Waals surface area contributed by atoms with E-state index in [0.29, 0.717) is 17.5 Å². The van der Waals surface area contributed by atoms with Crippen LogP contribution < -0.4 is 11.1 Å². The molecule has 3 nitrogen and oxygen atoms in total. The summed E-state index contributed by atoms with van der Waals surface area (Å²) >= 11 is 1.13. The third-order valence-electron chi connectivity index (χ3n) is 3.37. The summed E-state index contributed by atoms with van der Waals surface area (Å²) in [7, 11) is 0. The lowest BCUT2D eigenvalue weighted by atomic mass is 10.1. The molecule has 2 aromatic carbocycles. The van der Waals surface area contributed by atoms with Gasteiger partial charge in [-0.2, -0.15) is 13.2 Å². The van der Waals surface area contributed by atoms with Gasteiger partial charge in [0.2, 0.25) is 0 Å². The number of halogens is 4. The highest BCUT2D eigenvalue weighted by atomic mass is 32.1. The topological polar surface area (TPSA) is 55.1 Å². The first-order chi connectivity index (χ1) is 11.3. The van der Waals surface area contributed by atoms with Gasteiger partial charge in [0.05, 0.1) is 11.3 Å². The Kier molecular flexibility index (Phi) is 3.92. The van der Waals surface area contributed by atoms with Crippen molar-refractivity contribution in [3.8, 4) is 0 Å². The van der Waals surface area contributed by atoms with Crippen LogP contribution in [0.3, 0.4) is 0 Å². The van der Waals surface area contributed by atoms with Crippen LogP contribution in [0.1, 0.15) is 15.2 Å². The van der Waals surface area contributed by atoms with Crippen molar-refractivity contribution >= 4 is 38.7 Å². The van der Waals surface area contributed by atoms with Crippen LogP contribution in [0.2, 0.25) is 0 Å². The van der Waals surface area contributed by atoms with Gasteiger partial charge in [-0.3, -0.25) is 4.79 Å². The number of anilines is 2. The lowest BCUT2D eigenvalue weighted by molar-refractivity contribution is -0.139. The molecule has 0 aliphatic heterocycles. The summed E-state index contributed by atoms with van der Waals surface area (Å²) in [4.78, 5) is 12.5. The molecule has 0 bridgehead atoms. The Morgan fingerprint density at radius 2 is 1.83 bits per heavy atom. The number of rotatable bonds is 2. The number of nitrogen functional groups attached to an aromatic ring is 1. The minimum atomic E-state index is -4.85. The van der Waals surface area contributed by atoms with Gasteiger partial charge >= 0.3 is 6.18 Å². The lowest BCUT2D eigenvalue weighted by Gasteiger charge is -2.10. The molecular weight excluding hydrogens is 344 g/mol. The van der Waals surface area contributed by atoms with Crippen LogP contribution >= 0.6 is 11.3 Å². The quantitative estimate of drug-likeness (QED) is 0.644. The molecule has 0 spiro atoms. The summed E-state index contributed by atoms with van der Waals surface area (Å²) in [5, 5.41) is 3.02. The molecule has 8 heteroatoms. The number of nitrogens with one attached hydrogen (secondary N) is 1. The highest BCUT2D eigenvalue weighted by Gasteiger charge is 2.34. The number of benzene rings is 2. The van der Waals surface area contributed by atoms with E-state index in [-0.39, 0.29) is 16.3 Å². The molecule has 0 atom stereocenters. The molecule has 1 heterocycles. The van der Waals surface area contributed by atoms with E-state index < -0.39 is 23.5 Å². The first kappa shape index (κ1) is 16.3. The molecule has 1 amide bonds. The third kappa shape index (κ3) is 2.92. The zero-order valence-electron chi connectivity index (χ0n) is 11.9. The number of carbonyl (C=O) groups is 1. The second kappa shape index (κ2) is 5.79. The van der Waals surface area contributed by atoms with Crippen molar-refractivity contribution in [2.75, 3.05) is 11.1 Å². The van der Waals surface area contributed by atoms with E-state index in [2.05, 4.69) is 5.32 Å². The zero-order valence-corrected chi connectivity index (χ0v) is 12.8. The van der Waals surface area contributed by atoms with Crippen LogP contribution in [0.5, 0.6) is 0 Å². The first-order valence-corrected chi connectivity index (χ1v) is 7.54. The Labute approximate surface area is 137 Å². The van der Waals surface area contributed by atoms with Crippen LogP contribution in [0.4, 0.5) is 28.9 Å². The summed E-state index contributed by atoms with van der Waals surface area (Å²) in [5.74, 6) is -2.05. The van der Waals surface area contributed by atoms with Crippen molar-refractivity contribution in [3.05, 3.63) is 58.7 Å². The zero-order chi connectivity index (χ0) is 17.5. The fourth-order valence-electron chi connectivity index (χ4n) is 2.24. The molecule has 24 heavy (non-hydrogen) atoms. The summed E-state index contributed by atoms with van der Waals surface area (Å²) in [6, 6.07) is 9.36. The highest BCUT2D eigenvalue weighted by Crippen LogP contribution is 2.35. The number of fused-ring (bicyclic) bond motifs is 1. The number of hydrogen-bond acceptors (Lipinski definition) is 3. The molecule has 0 unspecified atom stereocenters. The predicted octanol–water partition coefficient (Wildman–Crippen LogP) is 4.89. The molecule has 0 radical (unpaired) electrons. The van der Waals surface area contributed by atoms with E-state index in [1.54, 1.807) is 24.3 Å². The van der Waals surface area contributed by atoms with Crippen molar-refractivity contribution in [2.45, 2.75) is 6.18 Å². The van der Waals surface area contributed by atoms with Crippen molar-refractivity contribution < 1.29 is 22.4 Å². The maximum Gasteiger partial charge on any atom is 0.419 e. The van der Waals surface area contributed by atoms with Gasteiger partial charge in [0.25, 0.3) is 5.91 Å². The van der Waals surface area contributed by atoms with Crippen LogP contribution in [0.25, 0.3) is 10.1 Å². The number of thiophene rings is 1. The average Bonchev–Trinajstić information content (AvgIpc) is 2.86. The summed E-state index contributed by atoms with van der Waals surface area (Å²) in [6.07, 6.45) is -4.85. The Morgan fingerprint density at radius 1 is 1.12 bits per heavy atom. The predicted molar refractivity (Wildman–Crippen MR) is 85.6 cm³/mol. The fourth-order valence-corrected chi connectivity index (χ4v) is 3.26. The molecule has 3 N–H and O–H groups in total. The lowest BCUT2D eigenvalue weighted by Crippen LogP contribution is -2.14. The smallest absolute Gasteiger partial charge is 0.397 e. The van der Waals surface area contributed by atoms with E-state index in [0.717, 1.165) is 22.1 Å². The van der Waals surface area contributed by atoms with Gasteiger partial charge in [0.1, 0.15) is 10.7 Å². The number of carbonyl (C=O) groups excluding carboxylic acids is 1. The molecule has 3 aromatic rings. The maximum atomic E-state index is 13.3. The molecule has 3 rings (SSSR count). The average molecular weight is 354 g/mol. The van der Waals surface area contributed by atoms with Gasteiger partial charge in [0.15, 0.2) is 0 Å². The molecule has 0 aliphatic carbocycles. The van der Waals surface area contributed by atoms with Gasteiger partial charge in [-0.25, -0.2) is 4.39 Å². The third-order valence-corrected chi connectivity index (χ3v) is 4.56. The second-order valence-electron chi connectivity index (χ2n) is 4.99.